The third-order valence-electron chi connectivity index (χ3n) is 5.68. The second kappa shape index (κ2) is 10.3. The van der Waals surface area contributed by atoms with Gasteiger partial charge in [0.05, 0.1) is 17.3 Å². The zero-order valence-electron chi connectivity index (χ0n) is 19.5. The standard InChI is InChI=1S/C23H33N5O4S/c1-16(2)32-23(29)27-10-8-19(9-11-27)26-22(25-15-24)13-17(3)28-12-7-18-14-20(33(4,30)31)5-6-21(18)28/h5-6,13-16,19,26H,3,7-12H2,1-2,4H3,(H2,24,25)/b22-13+. The van der Waals surface area contributed by atoms with E-state index in [1.807, 2.05) is 30.9 Å². The maximum atomic E-state index is 12.1. The number of anilines is 1. The molecule has 1 aromatic carbocycles. The van der Waals surface area contributed by atoms with Crippen LogP contribution in [0.1, 0.15) is 32.3 Å². The van der Waals surface area contributed by atoms with Crippen molar-refractivity contribution in [2.45, 2.75) is 50.2 Å². The van der Waals surface area contributed by atoms with E-state index in [9.17, 15) is 13.2 Å². The number of likely N-dealkylation sites (tertiary alicyclic amines) is 1. The molecule has 0 aliphatic carbocycles. The van der Waals surface area contributed by atoms with Crippen LogP contribution in [0, 0.1) is 0 Å². The number of nitrogens with zero attached hydrogens (tertiary/aromatic N) is 3. The normalized spacial score (nSPS) is 17.5. The smallest absolute Gasteiger partial charge is 0.410 e. The van der Waals surface area contributed by atoms with Crippen molar-refractivity contribution in [3.63, 3.8) is 0 Å². The summed E-state index contributed by atoms with van der Waals surface area (Å²) in [4.78, 5) is 20.4. The quantitative estimate of drug-likeness (QED) is 0.353. The first-order valence-corrected chi connectivity index (χ1v) is 12.9. The highest BCUT2D eigenvalue weighted by Crippen LogP contribution is 2.33. The van der Waals surface area contributed by atoms with E-state index < -0.39 is 9.84 Å². The van der Waals surface area contributed by atoms with Crippen LogP contribution in [-0.4, -0.2) is 63.8 Å². The van der Waals surface area contributed by atoms with Gasteiger partial charge in [0.2, 0.25) is 0 Å². The molecule has 180 valence electrons. The van der Waals surface area contributed by atoms with E-state index in [-0.39, 0.29) is 18.2 Å². The fourth-order valence-electron chi connectivity index (χ4n) is 4.03. The van der Waals surface area contributed by atoms with Gasteiger partial charge in [0.15, 0.2) is 9.84 Å². The first-order valence-electron chi connectivity index (χ1n) is 11.1. The van der Waals surface area contributed by atoms with Gasteiger partial charge in [-0.2, -0.15) is 0 Å². The van der Waals surface area contributed by atoms with Gasteiger partial charge in [-0.25, -0.2) is 18.2 Å². The van der Waals surface area contributed by atoms with Crippen LogP contribution in [0.25, 0.3) is 0 Å². The van der Waals surface area contributed by atoms with Gasteiger partial charge in [-0.3, -0.25) is 0 Å². The lowest BCUT2D eigenvalue weighted by Crippen LogP contribution is -2.45. The van der Waals surface area contributed by atoms with Gasteiger partial charge in [0.25, 0.3) is 0 Å². The first-order chi connectivity index (χ1) is 15.6. The summed E-state index contributed by atoms with van der Waals surface area (Å²) in [5, 5.41) is 3.40. The molecule has 2 heterocycles. The monoisotopic (exact) mass is 475 g/mol. The molecule has 0 atom stereocenters. The average molecular weight is 476 g/mol. The Balaban J connectivity index is 1.65. The summed E-state index contributed by atoms with van der Waals surface area (Å²) < 4.78 is 29.0. The molecule has 1 saturated heterocycles. The van der Waals surface area contributed by atoms with Gasteiger partial charge < -0.3 is 25.6 Å². The zero-order chi connectivity index (χ0) is 24.2. The average Bonchev–Trinajstić information content (AvgIpc) is 3.17. The predicted molar refractivity (Wildman–Crippen MR) is 130 cm³/mol. The Bertz CT molecular complexity index is 1060. The molecular formula is C23H33N5O4S. The highest BCUT2D eigenvalue weighted by atomic mass is 32.2. The number of amides is 1. The highest BCUT2D eigenvalue weighted by molar-refractivity contribution is 7.90. The summed E-state index contributed by atoms with van der Waals surface area (Å²) in [5.41, 5.74) is 8.21. The lowest BCUT2D eigenvalue weighted by molar-refractivity contribution is 0.0683. The Kier molecular flexibility index (Phi) is 7.68. The molecule has 2 aliphatic heterocycles. The first kappa shape index (κ1) is 24.6. The molecule has 3 rings (SSSR count). The molecule has 3 N–H and O–H groups in total. The van der Waals surface area contributed by atoms with Crippen molar-refractivity contribution in [2.24, 2.45) is 10.7 Å². The van der Waals surface area contributed by atoms with Crippen LogP contribution in [0.5, 0.6) is 0 Å². The number of allylic oxidation sites excluding steroid dienone is 1. The maximum Gasteiger partial charge on any atom is 0.410 e. The third kappa shape index (κ3) is 6.28. The van der Waals surface area contributed by atoms with Crippen molar-refractivity contribution in [3.8, 4) is 0 Å². The van der Waals surface area contributed by atoms with Gasteiger partial charge in [-0.15, -0.1) is 0 Å². The van der Waals surface area contributed by atoms with Crippen LogP contribution in [0.4, 0.5) is 10.5 Å². The predicted octanol–water partition coefficient (Wildman–Crippen LogP) is 2.39. The lowest BCUT2D eigenvalue weighted by Gasteiger charge is -2.32. The van der Waals surface area contributed by atoms with Gasteiger partial charge in [0.1, 0.15) is 5.82 Å². The van der Waals surface area contributed by atoms with E-state index in [1.54, 1.807) is 17.0 Å². The maximum absolute atomic E-state index is 12.1. The molecule has 1 fully saturated rings. The Hall–Kier alpha value is -3.01. The Labute approximate surface area is 195 Å². The SMILES string of the molecule is C=C(/C=C(\N=CN)NC1CCN(C(=O)OC(C)C)CC1)N1CCc2cc(S(C)(=O)=O)ccc21. The van der Waals surface area contributed by atoms with Crippen LogP contribution in [0.2, 0.25) is 0 Å². The number of nitrogens with one attached hydrogen (secondary N) is 1. The minimum atomic E-state index is -3.25. The van der Waals surface area contributed by atoms with Crippen LogP contribution in [0.3, 0.4) is 0 Å². The van der Waals surface area contributed by atoms with E-state index in [4.69, 9.17) is 10.5 Å². The number of piperidine rings is 1. The molecule has 10 heteroatoms. The number of ether oxygens (including phenoxy) is 1. The summed E-state index contributed by atoms with van der Waals surface area (Å²) >= 11 is 0. The summed E-state index contributed by atoms with van der Waals surface area (Å²) in [6.45, 7) is 9.78. The topological polar surface area (TPSA) is 117 Å². The van der Waals surface area contributed by atoms with Crippen LogP contribution >= 0.6 is 0 Å². The van der Waals surface area contributed by atoms with Crippen molar-refractivity contribution >= 4 is 28.0 Å². The Morgan fingerprint density at radius 2 is 2.00 bits per heavy atom. The number of carbonyl (C=O) groups is 1. The van der Waals surface area contributed by atoms with Crippen LogP contribution < -0.4 is 16.0 Å². The molecule has 0 bridgehead atoms. The number of rotatable bonds is 7. The Morgan fingerprint density at radius 3 is 2.61 bits per heavy atom. The molecule has 0 radical (unpaired) electrons. The minimum Gasteiger partial charge on any atom is -0.447 e. The van der Waals surface area contributed by atoms with E-state index >= 15 is 0 Å². The summed E-state index contributed by atoms with van der Waals surface area (Å²) in [7, 11) is -3.25. The molecule has 1 amide bonds. The largest absolute Gasteiger partial charge is 0.447 e. The number of benzene rings is 1. The van der Waals surface area contributed by atoms with Crippen molar-refractivity contribution < 1.29 is 17.9 Å². The second-order valence-corrected chi connectivity index (χ2v) is 10.6. The highest BCUT2D eigenvalue weighted by Gasteiger charge is 2.26. The zero-order valence-corrected chi connectivity index (χ0v) is 20.3. The van der Waals surface area contributed by atoms with Crippen molar-refractivity contribution in [1.29, 1.82) is 0 Å². The number of hydrogen-bond donors (Lipinski definition) is 2. The summed E-state index contributed by atoms with van der Waals surface area (Å²) in [6.07, 6.45) is 6.12. The molecule has 0 spiro atoms. The van der Waals surface area contributed by atoms with Crippen LogP contribution in [-0.2, 0) is 21.0 Å². The van der Waals surface area contributed by atoms with Gasteiger partial charge in [-0.05, 0) is 56.9 Å². The van der Waals surface area contributed by atoms with E-state index in [1.165, 1.54) is 12.6 Å². The van der Waals surface area contributed by atoms with Crippen molar-refractivity contribution in [2.75, 3.05) is 30.8 Å². The van der Waals surface area contributed by atoms with Crippen molar-refractivity contribution in [1.82, 2.24) is 10.2 Å². The molecule has 0 unspecified atom stereocenters. The van der Waals surface area contributed by atoms with E-state index in [2.05, 4.69) is 16.9 Å². The van der Waals surface area contributed by atoms with Gasteiger partial charge >= 0.3 is 6.09 Å². The number of carbonyl (C=O) groups excluding carboxylic acids is 1. The Morgan fingerprint density at radius 1 is 1.30 bits per heavy atom. The number of aliphatic imine (C=N–C) groups is 1. The molecule has 33 heavy (non-hydrogen) atoms. The molecule has 2 aliphatic rings. The number of sulfone groups is 1. The lowest BCUT2D eigenvalue weighted by atomic mass is 10.1. The van der Waals surface area contributed by atoms with Crippen LogP contribution in [0.15, 0.2) is 52.3 Å². The summed E-state index contributed by atoms with van der Waals surface area (Å²) in [5.74, 6) is 0.590. The molecular weight excluding hydrogens is 442 g/mol. The minimum absolute atomic E-state index is 0.138. The fourth-order valence-corrected chi connectivity index (χ4v) is 4.70. The summed E-state index contributed by atoms with van der Waals surface area (Å²) in [6, 6.07) is 5.32. The third-order valence-corrected chi connectivity index (χ3v) is 6.79. The van der Waals surface area contributed by atoms with Gasteiger partial charge in [-0.1, -0.05) is 6.58 Å². The number of hydrogen-bond acceptors (Lipinski definition) is 7. The number of nitrogens with two attached hydrogens (primary N) is 1. The second-order valence-electron chi connectivity index (χ2n) is 8.60. The van der Waals surface area contributed by atoms with E-state index in [0.717, 1.165) is 36.2 Å². The van der Waals surface area contributed by atoms with Crippen molar-refractivity contribution in [3.05, 3.63) is 47.9 Å². The number of fused-ring (bicyclic) bond motifs is 1. The molecule has 0 aromatic heterocycles. The van der Waals surface area contributed by atoms with E-state index in [0.29, 0.717) is 30.4 Å². The molecule has 9 nitrogen and oxygen atoms in total. The molecule has 0 saturated carbocycles. The van der Waals surface area contributed by atoms with Gasteiger partial charge in [0, 0.05) is 49.4 Å². The molecule has 1 aromatic rings. The fraction of sp³-hybridized carbons (Fsp3) is 0.478.